The van der Waals surface area contributed by atoms with Crippen molar-refractivity contribution in [1.29, 1.82) is 0 Å². The fourth-order valence-electron chi connectivity index (χ4n) is 3.85. The first-order valence-electron chi connectivity index (χ1n) is 5.67. The van der Waals surface area contributed by atoms with Gasteiger partial charge in [-0.05, 0) is 0 Å². The van der Waals surface area contributed by atoms with E-state index in [0.717, 1.165) is 0 Å². The van der Waals surface area contributed by atoms with Gasteiger partial charge in [0.25, 0.3) is 0 Å². The maximum absolute atomic E-state index is 11.8. The quantitative estimate of drug-likeness (QED) is 0.546. The largest absolute Gasteiger partial charge is 0.480 e. The zero-order valence-electron chi connectivity index (χ0n) is 10.9. The van der Waals surface area contributed by atoms with E-state index in [0.29, 0.717) is 0 Å². The number of aliphatic carboxylic acids is 2. The lowest BCUT2D eigenvalue weighted by Gasteiger charge is -2.73. The van der Waals surface area contributed by atoms with E-state index in [1.54, 1.807) is 0 Å². The van der Waals surface area contributed by atoms with E-state index in [9.17, 15) is 29.4 Å². The topological polar surface area (TPSA) is 118 Å². The number of hydrogen-bond donors (Lipinski definition) is 2. The molecule has 0 amide bonds. The van der Waals surface area contributed by atoms with Crippen molar-refractivity contribution < 1.29 is 34.1 Å². The van der Waals surface area contributed by atoms with Gasteiger partial charge in [0.15, 0.2) is 10.8 Å². The first-order valence-corrected chi connectivity index (χ1v) is 5.67. The molecule has 1 saturated carbocycles. The Hall–Kier alpha value is -1.92. The van der Waals surface area contributed by atoms with Gasteiger partial charge in [-0.15, -0.1) is 0 Å². The number of carbonyl (C=O) groups excluding carboxylic acids is 2. The highest BCUT2D eigenvalue weighted by atomic mass is 16.6. The number of carboxylic acids is 2. The van der Waals surface area contributed by atoms with Gasteiger partial charge in [0.2, 0.25) is 0 Å². The van der Waals surface area contributed by atoms with Gasteiger partial charge in [-0.3, -0.25) is 19.2 Å². The molecule has 7 nitrogen and oxygen atoms in total. The third-order valence-corrected chi connectivity index (χ3v) is 5.44. The van der Waals surface area contributed by atoms with Crippen LogP contribution in [0.1, 0.15) is 27.7 Å². The highest BCUT2D eigenvalue weighted by Crippen LogP contribution is 2.81. The van der Waals surface area contributed by atoms with E-state index in [1.165, 1.54) is 27.7 Å². The Labute approximate surface area is 108 Å². The van der Waals surface area contributed by atoms with Crippen molar-refractivity contribution in [3.8, 4) is 0 Å². The van der Waals surface area contributed by atoms with Gasteiger partial charge in [-0.2, -0.15) is 0 Å². The summed E-state index contributed by atoms with van der Waals surface area (Å²) in [5.74, 6) is -5.55. The molecule has 0 atom stereocenters. The van der Waals surface area contributed by atoms with Gasteiger partial charge < -0.3 is 14.9 Å². The van der Waals surface area contributed by atoms with E-state index in [-0.39, 0.29) is 0 Å². The number of carbonyl (C=O) groups is 4. The van der Waals surface area contributed by atoms with Crippen molar-refractivity contribution >= 4 is 23.9 Å². The molecule has 1 aliphatic carbocycles. The van der Waals surface area contributed by atoms with Gasteiger partial charge in [0, 0.05) is 10.8 Å². The van der Waals surface area contributed by atoms with Crippen molar-refractivity contribution in [1.82, 2.24) is 0 Å². The minimum atomic E-state index is -2.50. The lowest BCUT2D eigenvalue weighted by molar-refractivity contribution is -0.314. The molecule has 0 radical (unpaired) electrons. The van der Waals surface area contributed by atoms with Crippen LogP contribution in [0, 0.1) is 21.7 Å². The molecule has 7 heteroatoms. The summed E-state index contributed by atoms with van der Waals surface area (Å²) in [5, 5.41) is 18.8. The first kappa shape index (κ1) is 13.5. The van der Waals surface area contributed by atoms with Crippen LogP contribution in [0.15, 0.2) is 0 Å². The molecule has 2 fully saturated rings. The van der Waals surface area contributed by atoms with Gasteiger partial charge in [-0.1, -0.05) is 27.7 Å². The standard InChI is InChI=1S/C12H14O7/c1-9(2)10(3,4)12(7(17)19-8(12)18)11(9,5(13)14)6(15)16/h1-4H3,(H,13,14)(H,15,16). The predicted molar refractivity (Wildman–Crippen MR) is 58.8 cm³/mol. The van der Waals surface area contributed by atoms with Crippen LogP contribution in [-0.4, -0.2) is 34.1 Å². The molecule has 19 heavy (non-hydrogen) atoms. The number of cyclic esters (lactones) is 2. The van der Waals surface area contributed by atoms with Crippen molar-refractivity contribution in [2.24, 2.45) is 21.7 Å². The van der Waals surface area contributed by atoms with Crippen LogP contribution in [0.4, 0.5) is 0 Å². The van der Waals surface area contributed by atoms with Crippen LogP contribution in [0.3, 0.4) is 0 Å². The summed E-state index contributed by atoms with van der Waals surface area (Å²) < 4.78 is 4.28. The van der Waals surface area contributed by atoms with Crippen molar-refractivity contribution in [2.75, 3.05) is 0 Å². The zero-order valence-corrected chi connectivity index (χ0v) is 10.9. The lowest BCUT2D eigenvalue weighted by Crippen LogP contribution is -2.89. The van der Waals surface area contributed by atoms with Crippen LogP contribution < -0.4 is 0 Å². The van der Waals surface area contributed by atoms with Crippen LogP contribution in [0.25, 0.3) is 0 Å². The Morgan fingerprint density at radius 1 is 0.895 bits per heavy atom. The molecule has 0 unspecified atom stereocenters. The fourth-order valence-corrected chi connectivity index (χ4v) is 3.85. The average Bonchev–Trinajstić information content (AvgIpc) is 2.22. The summed E-state index contributed by atoms with van der Waals surface area (Å²) >= 11 is 0. The molecule has 1 spiro atoms. The Kier molecular flexibility index (Phi) is 2.11. The third-order valence-electron chi connectivity index (χ3n) is 5.44. The van der Waals surface area contributed by atoms with Gasteiger partial charge in [0.1, 0.15) is 0 Å². The average molecular weight is 270 g/mol. The van der Waals surface area contributed by atoms with Crippen molar-refractivity contribution in [3.05, 3.63) is 0 Å². The maximum atomic E-state index is 11.8. The maximum Gasteiger partial charge on any atom is 0.333 e. The number of ether oxygens (including phenoxy) is 1. The number of esters is 2. The summed E-state index contributed by atoms with van der Waals surface area (Å²) in [5.41, 5.74) is -7.09. The minimum Gasteiger partial charge on any atom is -0.480 e. The monoisotopic (exact) mass is 270 g/mol. The Balaban J connectivity index is 2.85. The third kappa shape index (κ3) is 0.827. The lowest BCUT2D eigenvalue weighted by atomic mass is 9.25. The second-order valence-electron chi connectivity index (χ2n) is 6.04. The molecule has 0 aromatic carbocycles. The number of rotatable bonds is 2. The summed E-state index contributed by atoms with van der Waals surface area (Å²) in [6.07, 6.45) is 0. The summed E-state index contributed by atoms with van der Waals surface area (Å²) in [6.45, 7) is 5.88. The molecule has 1 heterocycles. The van der Waals surface area contributed by atoms with E-state index >= 15 is 0 Å². The Morgan fingerprint density at radius 2 is 1.26 bits per heavy atom. The van der Waals surface area contributed by atoms with Crippen LogP contribution in [0.2, 0.25) is 0 Å². The summed E-state index contributed by atoms with van der Waals surface area (Å²) in [6, 6.07) is 0. The van der Waals surface area contributed by atoms with E-state index in [2.05, 4.69) is 4.74 Å². The molecule has 104 valence electrons. The summed E-state index contributed by atoms with van der Waals surface area (Å²) in [7, 11) is 0. The summed E-state index contributed by atoms with van der Waals surface area (Å²) in [4.78, 5) is 46.8. The second-order valence-corrected chi connectivity index (χ2v) is 6.04. The molecule has 0 bridgehead atoms. The normalized spacial score (nSPS) is 28.0. The first-order chi connectivity index (χ1) is 8.44. The number of carboxylic acid groups (broad SMARTS) is 2. The molecular formula is C12H14O7. The van der Waals surface area contributed by atoms with E-state index in [1.807, 2.05) is 0 Å². The fraction of sp³-hybridized carbons (Fsp3) is 0.667. The predicted octanol–water partition coefficient (Wildman–Crippen LogP) is 0.278. The minimum absolute atomic E-state index is 1.08. The number of hydrogen-bond acceptors (Lipinski definition) is 5. The molecule has 0 aromatic heterocycles. The second kappa shape index (κ2) is 2.97. The van der Waals surface area contributed by atoms with Crippen LogP contribution >= 0.6 is 0 Å². The van der Waals surface area contributed by atoms with Crippen LogP contribution in [-0.2, 0) is 23.9 Å². The van der Waals surface area contributed by atoms with Crippen molar-refractivity contribution in [2.45, 2.75) is 27.7 Å². The smallest absolute Gasteiger partial charge is 0.333 e. The Bertz CT molecular complexity index is 512. The van der Waals surface area contributed by atoms with Crippen LogP contribution in [0.5, 0.6) is 0 Å². The van der Waals surface area contributed by atoms with Gasteiger partial charge >= 0.3 is 23.9 Å². The Morgan fingerprint density at radius 3 is 1.47 bits per heavy atom. The zero-order chi connectivity index (χ0) is 15.0. The molecule has 0 aromatic rings. The highest BCUT2D eigenvalue weighted by Gasteiger charge is 2.97. The van der Waals surface area contributed by atoms with E-state index < -0.39 is 45.5 Å². The molecule has 1 aliphatic heterocycles. The highest BCUT2D eigenvalue weighted by molar-refractivity contribution is 6.25. The van der Waals surface area contributed by atoms with Gasteiger partial charge in [0.05, 0.1) is 0 Å². The molecule has 2 N–H and O–H groups in total. The molecule has 2 aliphatic rings. The molecular weight excluding hydrogens is 256 g/mol. The van der Waals surface area contributed by atoms with Gasteiger partial charge in [-0.25, -0.2) is 0 Å². The molecule has 2 rings (SSSR count). The van der Waals surface area contributed by atoms with Crippen molar-refractivity contribution in [3.63, 3.8) is 0 Å². The van der Waals surface area contributed by atoms with E-state index in [4.69, 9.17) is 0 Å². The molecule has 1 saturated heterocycles. The SMILES string of the molecule is CC1(C)C(C)(C)C2(C(=O)OC2=O)C1(C(=O)O)C(=O)O.